The summed E-state index contributed by atoms with van der Waals surface area (Å²) < 4.78 is 5.39. The molecule has 0 atom stereocenters. The first-order valence-corrected chi connectivity index (χ1v) is 7.43. The van der Waals surface area contributed by atoms with Crippen molar-refractivity contribution in [1.82, 2.24) is 4.90 Å². The van der Waals surface area contributed by atoms with E-state index < -0.39 is 5.60 Å². The van der Waals surface area contributed by atoms with Gasteiger partial charge in [0.2, 0.25) is 0 Å². The highest BCUT2D eigenvalue weighted by molar-refractivity contribution is 5.77. The van der Waals surface area contributed by atoms with E-state index in [4.69, 9.17) is 4.74 Å². The zero-order chi connectivity index (χ0) is 15.5. The monoisotopic (exact) mass is 289 g/mol. The van der Waals surface area contributed by atoms with Gasteiger partial charge in [-0.1, -0.05) is 24.3 Å². The van der Waals surface area contributed by atoms with Gasteiger partial charge < -0.3 is 9.64 Å². The smallest absolute Gasteiger partial charge is 0.410 e. The fourth-order valence-electron chi connectivity index (χ4n) is 2.69. The molecule has 0 radical (unpaired) electrons. The second kappa shape index (κ2) is 6.29. The number of hydrogen-bond acceptors (Lipinski definition) is 3. The van der Waals surface area contributed by atoms with Gasteiger partial charge in [0.25, 0.3) is 0 Å². The van der Waals surface area contributed by atoms with Crippen molar-refractivity contribution in [1.29, 1.82) is 0 Å². The van der Waals surface area contributed by atoms with Crippen LogP contribution in [0.3, 0.4) is 0 Å². The van der Waals surface area contributed by atoms with Gasteiger partial charge in [0.05, 0.1) is 0 Å². The van der Waals surface area contributed by atoms with Gasteiger partial charge in [-0.05, 0) is 45.1 Å². The van der Waals surface area contributed by atoms with Crippen LogP contribution in [0.2, 0.25) is 0 Å². The Morgan fingerprint density at radius 1 is 1.24 bits per heavy atom. The Morgan fingerprint density at radius 3 is 2.43 bits per heavy atom. The molecule has 21 heavy (non-hydrogen) atoms. The molecule has 1 aromatic carbocycles. The predicted octanol–water partition coefficient (Wildman–Crippen LogP) is 3.61. The van der Waals surface area contributed by atoms with Crippen LogP contribution in [0.1, 0.15) is 55.5 Å². The second-order valence-electron chi connectivity index (χ2n) is 6.49. The van der Waals surface area contributed by atoms with Crippen molar-refractivity contribution in [2.75, 3.05) is 13.1 Å². The van der Waals surface area contributed by atoms with Gasteiger partial charge in [-0.25, -0.2) is 4.79 Å². The average molecular weight is 289 g/mol. The van der Waals surface area contributed by atoms with Crippen LogP contribution in [0.15, 0.2) is 24.3 Å². The van der Waals surface area contributed by atoms with Gasteiger partial charge >= 0.3 is 6.09 Å². The fraction of sp³-hybridized carbons (Fsp3) is 0.529. The third kappa shape index (κ3) is 4.06. The van der Waals surface area contributed by atoms with Gasteiger partial charge in [0.1, 0.15) is 11.9 Å². The van der Waals surface area contributed by atoms with Crippen molar-refractivity contribution in [3.05, 3.63) is 35.4 Å². The van der Waals surface area contributed by atoms with Crippen molar-refractivity contribution in [2.45, 2.75) is 45.1 Å². The van der Waals surface area contributed by atoms with Crippen LogP contribution in [-0.4, -0.2) is 36.0 Å². The first kappa shape index (κ1) is 15.5. The lowest BCUT2D eigenvalue weighted by atomic mass is 9.87. The highest BCUT2D eigenvalue weighted by Gasteiger charge is 2.28. The Morgan fingerprint density at radius 2 is 1.86 bits per heavy atom. The van der Waals surface area contributed by atoms with Gasteiger partial charge in [-0.2, -0.15) is 0 Å². The first-order chi connectivity index (χ1) is 9.90. The highest BCUT2D eigenvalue weighted by atomic mass is 16.6. The van der Waals surface area contributed by atoms with E-state index in [0.717, 1.165) is 30.3 Å². The van der Waals surface area contributed by atoms with Crippen LogP contribution < -0.4 is 0 Å². The quantitative estimate of drug-likeness (QED) is 0.781. The number of nitrogens with zero attached hydrogens (tertiary/aromatic N) is 1. The van der Waals surface area contributed by atoms with Gasteiger partial charge in [-0.15, -0.1) is 0 Å². The minimum atomic E-state index is -0.460. The Kier molecular flexibility index (Phi) is 4.66. The van der Waals surface area contributed by atoms with Crippen LogP contribution >= 0.6 is 0 Å². The lowest BCUT2D eigenvalue weighted by Gasteiger charge is -2.34. The Balaban J connectivity index is 1.97. The van der Waals surface area contributed by atoms with Crippen molar-refractivity contribution in [3.63, 3.8) is 0 Å². The molecule has 1 heterocycles. The molecule has 4 heteroatoms. The molecular weight excluding hydrogens is 266 g/mol. The molecule has 1 aliphatic rings. The zero-order valence-corrected chi connectivity index (χ0v) is 13.0. The summed E-state index contributed by atoms with van der Waals surface area (Å²) in [7, 11) is 0. The topological polar surface area (TPSA) is 46.6 Å². The number of rotatable bonds is 2. The maximum Gasteiger partial charge on any atom is 0.410 e. The zero-order valence-electron chi connectivity index (χ0n) is 13.0. The molecule has 1 amide bonds. The van der Waals surface area contributed by atoms with Gasteiger partial charge in [0.15, 0.2) is 0 Å². The maximum atomic E-state index is 12.0. The number of carbonyl (C=O) groups is 2. The van der Waals surface area contributed by atoms with Crippen molar-refractivity contribution < 1.29 is 14.3 Å². The molecule has 0 aromatic heterocycles. The summed E-state index contributed by atoms with van der Waals surface area (Å²) in [6.45, 7) is 6.97. The second-order valence-corrected chi connectivity index (χ2v) is 6.49. The first-order valence-electron chi connectivity index (χ1n) is 7.43. The fourth-order valence-corrected chi connectivity index (χ4v) is 2.69. The van der Waals surface area contributed by atoms with Crippen LogP contribution in [0.25, 0.3) is 0 Å². The number of likely N-dealkylation sites (tertiary alicyclic amines) is 1. The highest BCUT2D eigenvalue weighted by Crippen LogP contribution is 2.30. The third-order valence-corrected chi connectivity index (χ3v) is 3.71. The molecule has 0 unspecified atom stereocenters. The molecule has 0 spiro atoms. The molecular formula is C17H23NO3. The Labute approximate surface area is 126 Å². The van der Waals surface area contributed by atoms with Crippen molar-refractivity contribution >= 4 is 12.4 Å². The number of ether oxygens (including phenoxy) is 1. The van der Waals surface area contributed by atoms with E-state index in [9.17, 15) is 9.59 Å². The predicted molar refractivity (Wildman–Crippen MR) is 81.6 cm³/mol. The lowest BCUT2D eigenvalue weighted by Crippen LogP contribution is -2.41. The summed E-state index contributed by atoms with van der Waals surface area (Å²) in [6, 6.07) is 7.70. The van der Waals surface area contributed by atoms with Crippen LogP contribution in [0.5, 0.6) is 0 Å². The number of piperidine rings is 1. The summed E-state index contributed by atoms with van der Waals surface area (Å²) in [4.78, 5) is 24.9. The average Bonchev–Trinajstić information content (AvgIpc) is 2.45. The number of amides is 1. The van der Waals surface area contributed by atoms with E-state index in [1.165, 1.54) is 0 Å². The molecule has 1 aliphatic heterocycles. The normalized spacial score (nSPS) is 16.6. The van der Waals surface area contributed by atoms with Gasteiger partial charge in [0, 0.05) is 18.7 Å². The SMILES string of the molecule is CC(C)(C)OC(=O)N1CCC(c2ccccc2C=O)CC1. The molecule has 1 fully saturated rings. The summed E-state index contributed by atoms with van der Waals surface area (Å²) in [5, 5.41) is 0. The van der Waals surface area contributed by atoms with E-state index in [1.54, 1.807) is 4.90 Å². The molecule has 0 N–H and O–H groups in total. The molecule has 114 valence electrons. The minimum absolute atomic E-state index is 0.246. The largest absolute Gasteiger partial charge is 0.444 e. The third-order valence-electron chi connectivity index (χ3n) is 3.71. The molecule has 1 aromatic rings. The number of benzene rings is 1. The Hall–Kier alpha value is -1.84. The van der Waals surface area contributed by atoms with E-state index >= 15 is 0 Å². The minimum Gasteiger partial charge on any atom is -0.444 e. The van der Waals surface area contributed by atoms with Crippen molar-refractivity contribution in [2.24, 2.45) is 0 Å². The number of hydrogen-bond donors (Lipinski definition) is 0. The van der Waals surface area contributed by atoms with E-state index in [0.29, 0.717) is 19.0 Å². The van der Waals surface area contributed by atoms with Gasteiger partial charge in [-0.3, -0.25) is 4.79 Å². The summed E-state index contributed by atoms with van der Waals surface area (Å²) in [6.07, 6.45) is 2.40. The van der Waals surface area contributed by atoms with Crippen LogP contribution in [0.4, 0.5) is 4.79 Å². The van der Waals surface area contributed by atoms with E-state index in [2.05, 4.69) is 0 Å². The lowest BCUT2D eigenvalue weighted by molar-refractivity contribution is 0.0204. The standard InChI is InChI=1S/C17H23NO3/c1-17(2,3)21-16(20)18-10-8-13(9-11-18)15-7-5-4-6-14(15)12-19/h4-7,12-13H,8-11H2,1-3H3. The maximum absolute atomic E-state index is 12.0. The Bertz CT molecular complexity index is 511. The van der Waals surface area contributed by atoms with E-state index in [1.807, 2.05) is 45.0 Å². The number of carbonyl (C=O) groups excluding carboxylic acids is 2. The van der Waals surface area contributed by atoms with Crippen molar-refractivity contribution in [3.8, 4) is 0 Å². The molecule has 2 rings (SSSR count). The van der Waals surface area contributed by atoms with E-state index in [-0.39, 0.29) is 6.09 Å². The summed E-state index contributed by atoms with van der Waals surface area (Å²) >= 11 is 0. The molecule has 0 bridgehead atoms. The number of aldehydes is 1. The molecule has 0 aliphatic carbocycles. The summed E-state index contributed by atoms with van der Waals surface area (Å²) in [5.74, 6) is 0.338. The van der Waals surface area contributed by atoms with Crippen LogP contribution in [0, 0.1) is 0 Å². The summed E-state index contributed by atoms with van der Waals surface area (Å²) in [5.41, 5.74) is 1.39. The molecule has 4 nitrogen and oxygen atoms in total. The van der Waals surface area contributed by atoms with Crippen LogP contribution in [-0.2, 0) is 4.74 Å². The molecule has 1 saturated heterocycles. The molecule has 0 saturated carbocycles.